The number of sulfonamides is 2. The molecule has 10 nitrogen and oxygen atoms in total. The molecule has 1 amide bonds. The summed E-state index contributed by atoms with van der Waals surface area (Å²) in [7, 11) is -6.64. The first-order valence-corrected chi connectivity index (χ1v) is 15.3. The van der Waals surface area contributed by atoms with Crippen molar-refractivity contribution in [1.82, 2.24) is 4.31 Å². The molecular formula is C27H31N3O7S2. The van der Waals surface area contributed by atoms with E-state index in [2.05, 4.69) is 5.32 Å². The Morgan fingerprint density at radius 1 is 0.974 bits per heavy atom. The maximum Gasteiger partial charge on any atom is 0.264 e. The van der Waals surface area contributed by atoms with Crippen LogP contribution in [0.4, 0.5) is 11.4 Å². The predicted molar refractivity (Wildman–Crippen MR) is 148 cm³/mol. The fraction of sp³-hybridized carbons (Fsp3) is 0.296. The lowest BCUT2D eigenvalue weighted by molar-refractivity contribution is -0.114. The molecule has 12 heteroatoms. The number of morpholine rings is 1. The fourth-order valence-corrected chi connectivity index (χ4v) is 7.18. The molecule has 4 rings (SSSR count). The monoisotopic (exact) mass is 573 g/mol. The minimum absolute atomic E-state index is 0.0423. The molecule has 0 saturated carbocycles. The molecule has 0 aliphatic carbocycles. The molecule has 1 aliphatic heterocycles. The third-order valence-electron chi connectivity index (χ3n) is 6.29. The molecule has 3 aromatic rings. The van der Waals surface area contributed by atoms with Gasteiger partial charge in [0, 0.05) is 18.8 Å². The maximum atomic E-state index is 13.6. The van der Waals surface area contributed by atoms with Gasteiger partial charge in [0.2, 0.25) is 15.9 Å². The molecule has 39 heavy (non-hydrogen) atoms. The SMILES string of the molecule is CCc1ccc(N(CC(=O)Nc2ccc(OC)c(S(=O)(=O)N3CCOCC3)c2)S(=O)(=O)c2ccccc2)cc1. The van der Waals surface area contributed by atoms with Gasteiger partial charge in [0.05, 0.1) is 30.9 Å². The van der Waals surface area contributed by atoms with E-state index in [1.54, 1.807) is 30.3 Å². The zero-order chi connectivity index (χ0) is 28.0. The Hall–Kier alpha value is -3.45. The number of carbonyl (C=O) groups is 1. The van der Waals surface area contributed by atoms with Crippen molar-refractivity contribution in [3.05, 3.63) is 78.4 Å². The molecule has 3 aromatic carbocycles. The van der Waals surface area contributed by atoms with Gasteiger partial charge in [-0.05, 0) is 54.4 Å². The molecule has 0 bridgehead atoms. The third-order valence-corrected chi connectivity index (χ3v) is 9.99. The average Bonchev–Trinajstić information content (AvgIpc) is 2.97. The minimum atomic E-state index is -4.08. The summed E-state index contributed by atoms with van der Waals surface area (Å²) in [5.74, 6) is -0.516. The van der Waals surface area contributed by atoms with Gasteiger partial charge in [0.25, 0.3) is 10.0 Å². The van der Waals surface area contributed by atoms with Crippen LogP contribution in [0.2, 0.25) is 0 Å². The van der Waals surface area contributed by atoms with Crippen LogP contribution in [0, 0.1) is 0 Å². The van der Waals surface area contributed by atoms with Gasteiger partial charge in [-0.2, -0.15) is 4.31 Å². The first kappa shape index (κ1) is 28.6. The van der Waals surface area contributed by atoms with E-state index in [4.69, 9.17) is 9.47 Å². The van der Waals surface area contributed by atoms with Crippen molar-refractivity contribution in [2.24, 2.45) is 0 Å². The number of benzene rings is 3. The molecule has 0 spiro atoms. The molecule has 0 aromatic heterocycles. The Morgan fingerprint density at radius 2 is 1.64 bits per heavy atom. The molecule has 1 N–H and O–H groups in total. The van der Waals surface area contributed by atoms with Crippen LogP contribution in [-0.2, 0) is 36.0 Å². The number of rotatable bonds is 10. The van der Waals surface area contributed by atoms with E-state index in [9.17, 15) is 21.6 Å². The number of methoxy groups -OCH3 is 1. The van der Waals surface area contributed by atoms with Crippen molar-refractivity contribution in [2.75, 3.05) is 49.6 Å². The highest BCUT2D eigenvalue weighted by atomic mass is 32.2. The summed E-state index contributed by atoms with van der Waals surface area (Å²) in [5, 5.41) is 2.65. The number of hydrogen-bond acceptors (Lipinski definition) is 7. The van der Waals surface area contributed by atoms with Crippen LogP contribution in [0.1, 0.15) is 12.5 Å². The molecule has 1 heterocycles. The Morgan fingerprint density at radius 3 is 2.26 bits per heavy atom. The highest BCUT2D eigenvalue weighted by Crippen LogP contribution is 2.30. The third kappa shape index (κ3) is 6.41. The van der Waals surface area contributed by atoms with Crippen molar-refractivity contribution in [2.45, 2.75) is 23.1 Å². The van der Waals surface area contributed by atoms with Gasteiger partial charge in [-0.15, -0.1) is 0 Å². The van der Waals surface area contributed by atoms with Crippen LogP contribution < -0.4 is 14.4 Å². The van der Waals surface area contributed by atoms with Crippen LogP contribution in [0.3, 0.4) is 0 Å². The van der Waals surface area contributed by atoms with E-state index in [1.165, 1.54) is 41.7 Å². The fourth-order valence-electron chi connectivity index (χ4n) is 4.15. The lowest BCUT2D eigenvalue weighted by Crippen LogP contribution is -2.40. The van der Waals surface area contributed by atoms with Crippen LogP contribution in [0.15, 0.2) is 82.6 Å². The largest absolute Gasteiger partial charge is 0.495 e. The maximum absolute atomic E-state index is 13.6. The molecule has 1 saturated heterocycles. The predicted octanol–water partition coefficient (Wildman–Crippen LogP) is 3.11. The van der Waals surface area contributed by atoms with Gasteiger partial charge in [-0.1, -0.05) is 37.3 Å². The molecule has 0 atom stereocenters. The zero-order valence-corrected chi connectivity index (χ0v) is 23.4. The summed E-state index contributed by atoms with van der Waals surface area (Å²) in [6.45, 7) is 2.42. The zero-order valence-electron chi connectivity index (χ0n) is 21.7. The van der Waals surface area contributed by atoms with Crippen molar-refractivity contribution in [3.63, 3.8) is 0 Å². The van der Waals surface area contributed by atoms with Crippen LogP contribution in [0.5, 0.6) is 5.75 Å². The summed E-state index contributed by atoms with van der Waals surface area (Å²) < 4.78 is 66.6. The Labute approximate surface area is 229 Å². The van der Waals surface area contributed by atoms with Crippen LogP contribution in [0.25, 0.3) is 0 Å². The lowest BCUT2D eigenvalue weighted by atomic mass is 10.1. The van der Waals surface area contributed by atoms with Crippen molar-refractivity contribution < 1.29 is 31.1 Å². The summed E-state index contributed by atoms with van der Waals surface area (Å²) >= 11 is 0. The second kappa shape index (κ2) is 12.2. The van der Waals surface area contributed by atoms with Gasteiger partial charge in [-0.3, -0.25) is 9.10 Å². The van der Waals surface area contributed by atoms with E-state index in [-0.39, 0.29) is 47.5 Å². The number of anilines is 2. The topological polar surface area (TPSA) is 122 Å². The first-order valence-electron chi connectivity index (χ1n) is 12.4. The van der Waals surface area contributed by atoms with E-state index < -0.39 is 32.5 Å². The molecular weight excluding hydrogens is 542 g/mol. The summed E-state index contributed by atoms with van der Waals surface area (Å²) in [6, 6.07) is 19.1. The standard InChI is InChI=1S/C27H31N3O7S2/c1-3-21-9-12-23(13-10-21)30(38(32,33)24-7-5-4-6-8-24)20-27(31)28-22-11-14-25(36-2)26(19-22)39(34,35)29-15-17-37-18-16-29/h4-14,19H,3,15-18,20H2,1-2H3,(H,28,31). The quantitative estimate of drug-likeness (QED) is 0.396. The lowest BCUT2D eigenvalue weighted by Gasteiger charge is -2.27. The van der Waals surface area contributed by atoms with Gasteiger partial charge in [0.15, 0.2) is 0 Å². The Balaban J connectivity index is 1.63. The van der Waals surface area contributed by atoms with E-state index in [0.717, 1.165) is 16.3 Å². The summed E-state index contributed by atoms with van der Waals surface area (Å²) in [6.07, 6.45) is 0.777. The second-order valence-corrected chi connectivity index (χ2v) is 12.5. The summed E-state index contributed by atoms with van der Waals surface area (Å²) in [4.78, 5) is 13.1. The highest BCUT2D eigenvalue weighted by molar-refractivity contribution is 7.92. The average molecular weight is 574 g/mol. The van der Waals surface area contributed by atoms with Crippen molar-refractivity contribution in [1.29, 1.82) is 0 Å². The molecule has 0 radical (unpaired) electrons. The molecule has 1 fully saturated rings. The van der Waals surface area contributed by atoms with Crippen molar-refractivity contribution >= 4 is 37.3 Å². The number of nitrogens with one attached hydrogen (secondary N) is 1. The van der Waals surface area contributed by atoms with Crippen LogP contribution >= 0.6 is 0 Å². The van der Waals surface area contributed by atoms with Crippen LogP contribution in [-0.4, -0.2) is 67.0 Å². The van der Waals surface area contributed by atoms with Gasteiger partial charge in [-0.25, -0.2) is 16.8 Å². The van der Waals surface area contributed by atoms with Crippen molar-refractivity contribution in [3.8, 4) is 5.75 Å². The second-order valence-electron chi connectivity index (χ2n) is 8.78. The van der Waals surface area contributed by atoms with E-state index in [0.29, 0.717) is 5.69 Å². The van der Waals surface area contributed by atoms with Gasteiger partial charge >= 0.3 is 0 Å². The van der Waals surface area contributed by atoms with Gasteiger partial charge < -0.3 is 14.8 Å². The smallest absolute Gasteiger partial charge is 0.264 e. The Kier molecular flexibility index (Phi) is 8.90. The number of hydrogen-bond donors (Lipinski definition) is 1. The number of amides is 1. The number of carbonyl (C=O) groups excluding carboxylic acids is 1. The van der Waals surface area contributed by atoms with E-state index >= 15 is 0 Å². The molecule has 0 unspecified atom stereocenters. The molecule has 1 aliphatic rings. The van der Waals surface area contributed by atoms with Gasteiger partial charge in [0.1, 0.15) is 17.2 Å². The van der Waals surface area contributed by atoms with E-state index in [1.807, 2.05) is 19.1 Å². The number of aryl methyl sites for hydroxylation is 1. The Bertz CT molecular complexity index is 1500. The first-order chi connectivity index (χ1) is 18.7. The summed E-state index contributed by atoms with van der Waals surface area (Å²) in [5.41, 5.74) is 1.54. The number of ether oxygens (including phenoxy) is 2. The highest BCUT2D eigenvalue weighted by Gasteiger charge is 2.30. The normalized spacial score (nSPS) is 14.5. The minimum Gasteiger partial charge on any atom is -0.495 e. The number of nitrogens with zero attached hydrogens (tertiary/aromatic N) is 2. The molecule has 208 valence electrons.